The van der Waals surface area contributed by atoms with Crippen LogP contribution in [0.3, 0.4) is 0 Å². The van der Waals surface area contributed by atoms with Crippen LogP contribution in [0.2, 0.25) is 10.0 Å². The standard InChI is InChI=1S/C30H35Cl2N3O6S/c1-20(2)33-30(37)27(15-21-9-7-6-8-10-21)34(18-22-11-12-23(31)16-25(22)32)29(36)19-35(42(5,38)39)26-17-24(40-3)13-14-28(26)41-4/h6-14,16-17,20,27H,15,18-19H2,1-5H3,(H,33,37)/t27-/m0/s1. The van der Waals surface area contributed by atoms with Crippen LogP contribution in [-0.2, 0) is 32.6 Å². The first-order valence-electron chi connectivity index (χ1n) is 13.1. The Hall–Kier alpha value is -3.47. The highest BCUT2D eigenvalue weighted by Gasteiger charge is 2.34. The van der Waals surface area contributed by atoms with Crippen LogP contribution in [0.4, 0.5) is 5.69 Å². The molecular weight excluding hydrogens is 601 g/mol. The molecule has 0 aliphatic carbocycles. The van der Waals surface area contributed by atoms with E-state index in [1.54, 1.807) is 30.3 Å². The minimum absolute atomic E-state index is 0.0787. The van der Waals surface area contributed by atoms with Gasteiger partial charge in [-0.2, -0.15) is 0 Å². The fraction of sp³-hybridized carbons (Fsp3) is 0.333. The molecule has 0 spiro atoms. The quantitative estimate of drug-likeness (QED) is 0.285. The number of nitrogens with one attached hydrogen (secondary N) is 1. The van der Waals surface area contributed by atoms with E-state index in [9.17, 15) is 18.0 Å². The van der Waals surface area contributed by atoms with E-state index in [4.69, 9.17) is 32.7 Å². The van der Waals surface area contributed by atoms with Crippen molar-refractivity contribution in [2.45, 2.75) is 38.9 Å². The summed E-state index contributed by atoms with van der Waals surface area (Å²) in [7, 11) is -1.17. The van der Waals surface area contributed by atoms with Gasteiger partial charge in [-0.1, -0.05) is 59.6 Å². The van der Waals surface area contributed by atoms with Crippen LogP contribution in [0, 0.1) is 0 Å². The van der Waals surface area contributed by atoms with Gasteiger partial charge in [0.25, 0.3) is 0 Å². The molecule has 0 aliphatic heterocycles. The second kappa shape index (κ2) is 14.6. The van der Waals surface area contributed by atoms with Crippen LogP contribution in [0.5, 0.6) is 11.5 Å². The van der Waals surface area contributed by atoms with Crippen molar-refractivity contribution in [2.75, 3.05) is 31.3 Å². The van der Waals surface area contributed by atoms with E-state index < -0.39 is 34.4 Å². The van der Waals surface area contributed by atoms with Crippen LogP contribution in [0.1, 0.15) is 25.0 Å². The summed E-state index contributed by atoms with van der Waals surface area (Å²) in [6, 6.07) is 17.5. The van der Waals surface area contributed by atoms with E-state index in [1.807, 2.05) is 44.2 Å². The number of hydrogen-bond donors (Lipinski definition) is 1. The van der Waals surface area contributed by atoms with Crippen molar-refractivity contribution in [3.63, 3.8) is 0 Å². The van der Waals surface area contributed by atoms with Crippen molar-refractivity contribution >= 4 is 50.7 Å². The molecule has 0 saturated carbocycles. The third-order valence-electron chi connectivity index (χ3n) is 6.39. The van der Waals surface area contributed by atoms with Gasteiger partial charge in [0.15, 0.2) is 0 Å². The molecule has 1 N–H and O–H groups in total. The number of carbonyl (C=O) groups excluding carboxylic acids is 2. The number of carbonyl (C=O) groups is 2. The highest BCUT2D eigenvalue weighted by Crippen LogP contribution is 2.34. The zero-order chi connectivity index (χ0) is 31.0. The van der Waals surface area contributed by atoms with Crippen LogP contribution in [0.25, 0.3) is 0 Å². The number of methoxy groups -OCH3 is 2. The lowest BCUT2D eigenvalue weighted by Crippen LogP contribution is -2.54. The molecule has 3 rings (SSSR count). The molecule has 0 radical (unpaired) electrons. The number of sulfonamides is 1. The van der Waals surface area contributed by atoms with Gasteiger partial charge in [0.05, 0.1) is 26.2 Å². The first-order valence-corrected chi connectivity index (χ1v) is 15.7. The Bertz CT molecular complexity index is 1500. The highest BCUT2D eigenvalue weighted by molar-refractivity contribution is 7.92. The van der Waals surface area contributed by atoms with E-state index in [-0.39, 0.29) is 30.4 Å². The Kier molecular flexibility index (Phi) is 11.5. The normalized spacial score (nSPS) is 12.0. The Balaban J connectivity index is 2.14. The molecule has 42 heavy (non-hydrogen) atoms. The topological polar surface area (TPSA) is 105 Å². The van der Waals surface area contributed by atoms with Crippen LogP contribution in [0.15, 0.2) is 66.7 Å². The zero-order valence-corrected chi connectivity index (χ0v) is 26.5. The molecule has 2 amide bonds. The Morgan fingerprint density at radius 1 is 0.952 bits per heavy atom. The minimum Gasteiger partial charge on any atom is -0.497 e. The Labute approximate surface area is 257 Å². The first-order chi connectivity index (χ1) is 19.8. The number of anilines is 1. The van der Waals surface area contributed by atoms with Gasteiger partial charge in [-0.25, -0.2) is 8.42 Å². The van der Waals surface area contributed by atoms with Crippen molar-refractivity contribution in [2.24, 2.45) is 0 Å². The van der Waals surface area contributed by atoms with E-state index >= 15 is 0 Å². The molecule has 0 aromatic heterocycles. The van der Waals surface area contributed by atoms with Gasteiger partial charge in [0.2, 0.25) is 21.8 Å². The molecule has 0 bridgehead atoms. The summed E-state index contributed by atoms with van der Waals surface area (Å²) < 4.78 is 37.8. The summed E-state index contributed by atoms with van der Waals surface area (Å²) in [4.78, 5) is 29.2. The second-order valence-corrected chi connectivity index (χ2v) is 12.7. The third-order valence-corrected chi connectivity index (χ3v) is 8.11. The van der Waals surface area contributed by atoms with Crippen molar-refractivity contribution < 1.29 is 27.5 Å². The SMILES string of the molecule is COc1ccc(OC)c(N(CC(=O)N(Cc2ccc(Cl)cc2Cl)[C@@H](Cc2ccccc2)C(=O)NC(C)C)S(C)(=O)=O)c1. The Morgan fingerprint density at radius 2 is 1.64 bits per heavy atom. The minimum atomic E-state index is -4.01. The largest absolute Gasteiger partial charge is 0.497 e. The third kappa shape index (κ3) is 8.77. The van der Waals surface area contributed by atoms with Gasteiger partial charge in [0.1, 0.15) is 24.1 Å². The summed E-state index contributed by atoms with van der Waals surface area (Å²) in [5.74, 6) is -0.428. The van der Waals surface area contributed by atoms with Crippen LogP contribution < -0.4 is 19.1 Å². The summed E-state index contributed by atoms with van der Waals surface area (Å²) in [6.07, 6.45) is 1.17. The average Bonchev–Trinajstić information content (AvgIpc) is 2.93. The average molecular weight is 637 g/mol. The Morgan fingerprint density at radius 3 is 2.21 bits per heavy atom. The molecule has 1 atom stereocenters. The van der Waals surface area contributed by atoms with Crippen LogP contribution >= 0.6 is 23.2 Å². The van der Waals surface area contributed by atoms with E-state index in [0.29, 0.717) is 21.4 Å². The molecule has 0 unspecified atom stereocenters. The maximum absolute atomic E-state index is 14.2. The lowest BCUT2D eigenvalue weighted by molar-refractivity contribution is -0.140. The van der Waals surface area contributed by atoms with Gasteiger partial charge in [-0.15, -0.1) is 0 Å². The number of ether oxygens (including phenoxy) is 2. The van der Waals surface area contributed by atoms with E-state index in [2.05, 4.69) is 5.32 Å². The second-order valence-electron chi connectivity index (χ2n) is 9.93. The first kappa shape index (κ1) is 33.0. The van der Waals surface area contributed by atoms with Crippen molar-refractivity contribution in [1.29, 1.82) is 0 Å². The highest BCUT2D eigenvalue weighted by atomic mass is 35.5. The van der Waals surface area contributed by atoms with E-state index in [1.165, 1.54) is 25.2 Å². The maximum atomic E-state index is 14.2. The van der Waals surface area contributed by atoms with E-state index in [0.717, 1.165) is 16.1 Å². The zero-order valence-electron chi connectivity index (χ0n) is 24.1. The molecule has 226 valence electrons. The predicted octanol–water partition coefficient (Wildman–Crippen LogP) is 4.94. The van der Waals surface area contributed by atoms with Gasteiger partial charge in [-0.05, 0) is 49.2 Å². The number of rotatable bonds is 13. The summed E-state index contributed by atoms with van der Waals surface area (Å²) in [5.41, 5.74) is 1.47. The number of benzene rings is 3. The molecule has 9 nitrogen and oxygen atoms in total. The molecule has 0 heterocycles. The van der Waals surface area contributed by atoms with Crippen molar-refractivity contribution in [3.8, 4) is 11.5 Å². The lowest BCUT2D eigenvalue weighted by Gasteiger charge is -2.34. The number of halogens is 2. The summed E-state index contributed by atoms with van der Waals surface area (Å²) in [5, 5.41) is 3.61. The van der Waals surface area contributed by atoms with Gasteiger partial charge in [-0.3, -0.25) is 13.9 Å². The number of amides is 2. The number of nitrogens with zero attached hydrogens (tertiary/aromatic N) is 2. The monoisotopic (exact) mass is 635 g/mol. The van der Waals surface area contributed by atoms with Gasteiger partial charge in [0, 0.05) is 35.1 Å². The predicted molar refractivity (Wildman–Crippen MR) is 166 cm³/mol. The maximum Gasteiger partial charge on any atom is 0.244 e. The molecule has 12 heteroatoms. The number of hydrogen-bond acceptors (Lipinski definition) is 6. The molecular formula is C30H35Cl2N3O6S. The molecule has 3 aromatic rings. The molecule has 0 fully saturated rings. The lowest BCUT2D eigenvalue weighted by atomic mass is 10.0. The van der Waals surface area contributed by atoms with Crippen molar-refractivity contribution in [1.82, 2.24) is 10.2 Å². The van der Waals surface area contributed by atoms with Gasteiger partial charge >= 0.3 is 0 Å². The smallest absolute Gasteiger partial charge is 0.244 e. The molecule has 3 aromatic carbocycles. The molecule has 0 saturated heterocycles. The van der Waals surface area contributed by atoms with Crippen LogP contribution in [-0.4, -0.2) is 64.2 Å². The van der Waals surface area contributed by atoms with Gasteiger partial charge < -0.3 is 19.7 Å². The summed E-state index contributed by atoms with van der Waals surface area (Å²) >= 11 is 12.6. The van der Waals surface area contributed by atoms with Crippen molar-refractivity contribution in [3.05, 3.63) is 87.9 Å². The fourth-order valence-electron chi connectivity index (χ4n) is 4.35. The fourth-order valence-corrected chi connectivity index (χ4v) is 5.67. The summed E-state index contributed by atoms with van der Waals surface area (Å²) in [6.45, 7) is 2.94. The molecule has 0 aliphatic rings.